The zero-order chi connectivity index (χ0) is 20.1. The summed E-state index contributed by atoms with van der Waals surface area (Å²) in [7, 11) is -3.28. The molecule has 1 atom stereocenters. The molecular formula is C20H29N3O4S. The maximum absolute atomic E-state index is 12.6. The number of nitrogens with zero attached hydrogens (tertiary/aromatic N) is 2. The predicted molar refractivity (Wildman–Crippen MR) is 109 cm³/mol. The molecule has 3 rings (SSSR count). The van der Waals surface area contributed by atoms with Crippen molar-refractivity contribution < 1.29 is 18.0 Å². The van der Waals surface area contributed by atoms with Gasteiger partial charge in [0.1, 0.15) is 0 Å². The molecule has 154 valence electrons. The van der Waals surface area contributed by atoms with Gasteiger partial charge in [0.25, 0.3) is 5.91 Å². The van der Waals surface area contributed by atoms with Crippen LogP contribution in [-0.4, -0.2) is 61.4 Å². The van der Waals surface area contributed by atoms with Crippen LogP contribution in [0.3, 0.4) is 0 Å². The quantitative estimate of drug-likeness (QED) is 0.811. The second kappa shape index (κ2) is 9.05. The molecule has 0 aromatic heterocycles. The molecular weight excluding hydrogens is 378 g/mol. The minimum absolute atomic E-state index is 0.0327. The van der Waals surface area contributed by atoms with E-state index in [9.17, 15) is 18.0 Å². The van der Waals surface area contributed by atoms with Gasteiger partial charge in [0.05, 0.1) is 11.7 Å². The van der Waals surface area contributed by atoms with Crippen molar-refractivity contribution in [1.29, 1.82) is 0 Å². The molecule has 2 heterocycles. The molecule has 2 aliphatic heterocycles. The third-order valence-corrected chi connectivity index (χ3v) is 7.40. The molecule has 2 saturated heterocycles. The Bertz CT molecular complexity index is 801. The van der Waals surface area contributed by atoms with Gasteiger partial charge in [0.2, 0.25) is 15.9 Å². The lowest BCUT2D eigenvalue weighted by Gasteiger charge is -2.30. The van der Waals surface area contributed by atoms with Crippen LogP contribution in [0.2, 0.25) is 0 Å². The molecule has 1 aromatic rings. The number of benzene rings is 1. The highest BCUT2D eigenvalue weighted by atomic mass is 32.2. The Hall–Kier alpha value is -1.93. The zero-order valence-electron chi connectivity index (χ0n) is 16.4. The molecule has 28 heavy (non-hydrogen) atoms. The molecule has 0 bridgehead atoms. The molecule has 2 aliphatic rings. The molecule has 1 N–H and O–H groups in total. The number of rotatable bonds is 5. The third-order valence-electron chi connectivity index (χ3n) is 5.56. The first kappa shape index (κ1) is 20.8. The number of carbonyl (C=O) groups excluding carboxylic acids is 2. The topological polar surface area (TPSA) is 86.8 Å². The van der Waals surface area contributed by atoms with E-state index in [1.165, 1.54) is 10.7 Å². The summed E-state index contributed by atoms with van der Waals surface area (Å²) in [6.45, 7) is 3.93. The highest BCUT2D eigenvalue weighted by Crippen LogP contribution is 2.22. The van der Waals surface area contributed by atoms with E-state index in [1.54, 1.807) is 31.2 Å². The summed E-state index contributed by atoms with van der Waals surface area (Å²) < 4.78 is 25.6. The Balaban J connectivity index is 1.59. The largest absolute Gasteiger partial charge is 0.339 e. The lowest BCUT2D eigenvalue weighted by atomic mass is 9.98. The number of hydrogen-bond donors (Lipinski definition) is 1. The first-order valence-electron chi connectivity index (χ1n) is 10.1. The number of sulfonamides is 1. The Morgan fingerprint density at radius 3 is 2.36 bits per heavy atom. The van der Waals surface area contributed by atoms with Gasteiger partial charge in [-0.1, -0.05) is 0 Å². The van der Waals surface area contributed by atoms with Crippen molar-refractivity contribution in [2.75, 3.05) is 37.2 Å². The van der Waals surface area contributed by atoms with Crippen LogP contribution in [0.4, 0.5) is 5.69 Å². The van der Waals surface area contributed by atoms with E-state index in [2.05, 4.69) is 5.32 Å². The van der Waals surface area contributed by atoms with Gasteiger partial charge in [-0.2, -0.15) is 0 Å². The van der Waals surface area contributed by atoms with E-state index < -0.39 is 10.0 Å². The SMILES string of the molecule is CCS(=O)(=O)N1CCC[C@@H](C(=O)Nc2ccc(C(=O)N3CCCCC3)cc2)C1. The minimum Gasteiger partial charge on any atom is -0.339 e. The summed E-state index contributed by atoms with van der Waals surface area (Å²) in [6, 6.07) is 6.94. The lowest BCUT2D eigenvalue weighted by molar-refractivity contribution is -0.120. The summed E-state index contributed by atoms with van der Waals surface area (Å²) in [6.07, 6.45) is 4.62. The van der Waals surface area contributed by atoms with E-state index in [4.69, 9.17) is 0 Å². The van der Waals surface area contributed by atoms with E-state index in [0.717, 1.165) is 25.9 Å². The van der Waals surface area contributed by atoms with Crippen LogP contribution in [0.1, 0.15) is 49.4 Å². The fraction of sp³-hybridized carbons (Fsp3) is 0.600. The maximum Gasteiger partial charge on any atom is 0.253 e. The Morgan fingerprint density at radius 1 is 1.04 bits per heavy atom. The van der Waals surface area contributed by atoms with Gasteiger partial charge in [-0.05, 0) is 63.3 Å². The maximum atomic E-state index is 12.6. The smallest absolute Gasteiger partial charge is 0.253 e. The molecule has 7 nitrogen and oxygen atoms in total. The number of nitrogens with one attached hydrogen (secondary N) is 1. The van der Waals surface area contributed by atoms with Crippen LogP contribution < -0.4 is 5.32 Å². The van der Waals surface area contributed by atoms with Gasteiger partial charge in [0.15, 0.2) is 0 Å². The number of carbonyl (C=O) groups is 2. The molecule has 1 aromatic carbocycles. The average Bonchev–Trinajstić information content (AvgIpc) is 2.74. The van der Waals surface area contributed by atoms with Gasteiger partial charge < -0.3 is 10.2 Å². The van der Waals surface area contributed by atoms with Crippen molar-refractivity contribution in [2.45, 2.75) is 39.0 Å². The summed E-state index contributed by atoms with van der Waals surface area (Å²) in [5.74, 6) is -0.450. The number of piperidine rings is 2. The van der Waals surface area contributed by atoms with Gasteiger partial charge >= 0.3 is 0 Å². The van der Waals surface area contributed by atoms with Gasteiger partial charge in [-0.15, -0.1) is 0 Å². The average molecular weight is 408 g/mol. The highest BCUT2D eigenvalue weighted by Gasteiger charge is 2.31. The highest BCUT2D eigenvalue weighted by molar-refractivity contribution is 7.89. The molecule has 0 spiro atoms. The van der Waals surface area contributed by atoms with E-state index >= 15 is 0 Å². The van der Waals surface area contributed by atoms with Crippen LogP contribution >= 0.6 is 0 Å². The van der Waals surface area contributed by atoms with Crippen LogP contribution in [0, 0.1) is 5.92 Å². The number of amides is 2. The van der Waals surface area contributed by atoms with E-state index in [0.29, 0.717) is 30.6 Å². The van der Waals surface area contributed by atoms with E-state index in [-0.39, 0.29) is 30.0 Å². The Labute approximate surface area is 167 Å². The summed E-state index contributed by atoms with van der Waals surface area (Å²) in [4.78, 5) is 27.0. The summed E-state index contributed by atoms with van der Waals surface area (Å²) in [5.41, 5.74) is 1.24. The van der Waals surface area contributed by atoms with Crippen LogP contribution in [-0.2, 0) is 14.8 Å². The first-order chi connectivity index (χ1) is 13.4. The standard InChI is InChI=1S/C20H29N3O4S/c1-2-28(26,27)23-14-6-7-17(15-23)19(24)21-18-10-8-16(9-11-18)20(25)22-12-4-3-5-13-22/h8-11,17H,2-7,12-15H2,1H3,(H,21,24)/t17-/m1/s1. The fourth-order valence-corrected chi connectivity index (χ4v) is 4.99. The van der Waals surface area contributed by atoms with Crippen molar-refractivity contribution >= 4 is 27.5 Å². The molecule has 0 saturated carbocycles. The van der Waals surface area contributed by atoms with Gasteiger partial charge in [0, 0.05) is 37.4 Å². The number of anilines is 1. The molecule has 0 unspecified atom stereocenters. The number of likely N-dealkylation sites (tertiary alicyclic amines) is 1. The second-order valence-electron chi connectivity index (χ2n) is 7.52. The molecule has 2 amide bonds. The second-order valence-corrected chi connectivity index (χ2v) is 9.77. The fourth-order valence-electron chi connectivity index (χ4n) is 3.81. The Kier molecular flexibility index (Phi) is 6.72. The zero-order valence-corrected chi connectivity index (χ0v) is 17.2. The van der Waals surface area contributed by atoms with Crippen LogP contribution in [0.5, 0.6) is 0 Å². The third kappa shape index (κ3) is 4.91. The first-order valence-corrected chi connectivity index (χ1v) is 11.7. The minimum atomic E-state index is -3.28. The lowest BCUT2D eigenvalue weighted by Crippen LogP contribution is -2.44. The molecule has 0 radical (unpaired) electrons. The molecule has 8 heteroatoms. The van der Waals surface area contributed by atoms with Crippen molar-refractivity contribution in [3.05, 3.63) is 29.8 Å². The van der Waals surface area contributed by atoms with Crippen molar-refractivity contribution in [2.24, 2.45) is 5.92 Å². The molecule has 2 fully saturated rings. The Morgan fingerprint density at radius 2 is 1.71 bits per heavy atom. The molecule has 0 aliphatic carbocycles. The van der Waals surface area contributed by atoms with Crippen molar-refractivity contribution in [1.82, 2.24) is 9.21 Å². The monoisotopic (exact) mass is 407 g/mol. The normalized spacial score (nSPS) is 21.3. The predicted octanol–water partition coefficient (Wildman–Crippen LogP) is 2.31. The van der Waals surface area contributed by atoms with Gasteiger partial charge in [-0.3, -0.25) is 9.59 Å². The van der Waals surface area contributed by atoms with Crippen molar-refractivity contribution in [3.8, 4) is 0 Å². The van der Waals surface area contributed by atoms with Crippen LogP contribution in [0.15, 0.2) is 24.3 Å². The summed E-state index contributed by atoms with van der Waals surface area (Å²) in [5, 5.41) is 2.86. The number of hydrogen-bond acceptors (Lipinski definition) is 4. The van der Waals surface area contributed by atoms with E-state index in [1.807, 2.05) is 4.90 Å². The summed E-state index contributed by atoms with van der Waals surface area (Å²) >= 11 is 0. The van der Waals surface area contributed by atoms with Crippen molar-refractivity contribution in [3.63, 3.8) is 0 Å². The van der Waals surface area contributed by atoms with Crippen LogP contribution in [0.25, 0.3) is 0 Å². The van der Waals surface area contributed by atoms with Gasteiger partial charge in [-0.25, -0.2) is 12.7 Å².